The van der Waals surface area contributed by atoms with Crippen molar-refractivity contribution >= 4 is 5.96 Å². The molecule has 0 radical (unpaired) electrons. The Hall–Kier alpha value is -1.97. The van der Waals surface area contributed by atoms with Crippen LogP contribution in [0.5, 0.6) is 5.75 Å². The molecule has 19 heavy (non-hydrogen) atoms. The van der Waals surface area contributed by atoms with Crippen molar-refractivity contribution in [3.8, 4) is 5.75 Å². The van der Waals surface area contributed by atoms with Crippen molar-refractivity contribution in [1.82, 2.24) is 10.2 Å². The van der Waals surface area contributed by atoms with E-state index in [1.54, 1.807) is 6.08 Å². The van der Waals surface area contributed by atoms with E-state index in [4.69, 9.17) is 4.74 Å². The lowest BCUT2D eigenvalue weighted by Gasteiger charge is -2.17. The highest BCUT2D eigenvalue weighted by Gasteiger charge is 2.04. The van der Waals surface area contributed by atoms with Crippen LogP contribution in [0.2, 0.25) is 0 Å². The lowest BCUT2D eigenvalue weighted by molar-refractivity contribution is 0.359. The Kier molecular flexibility index (Phi) is 6.50. The van der Waals surface area contributed by atoms with Crippen LogP contribution in [-0.2, 0) is 6.54 Å². The van der Waals surface area contributed by atoms with Gasteiger partial charge in [-0.15, -0.1) is 0 Å². The number of guanidine groups is 1. The van der Waals surface area contributed by atoms with Gasteiger partial charge in [0, 0.05) is 26.2 Å². The Labute approximate surface area is 115 Å². The third-order valence-corrected chi connectivity index (χ3v) is 2.49. The highest BCUT2D eigenvalue weighted by molar-refractivity contribution is 5.79. The van der Waals surface area contributed by atoms with Gasteiger partial charge in [0.15, 0.2) is 5.96 Å². The molecule has 4 heteroatoms. The van der Waals surface area contributed by atoms with Gasteiger partial charge in [0.05, 0.1) is 6.54 Å². The minimum Gasteiger partial charge on any atom is -0.489 e. The van der Waals surface area contributed by atoms with E-state index in [2.05, 4.69) is 23.8 Å². The van der Waals surface area contributed by atoms with Gasteiger partial charge in [0.25, 0.3) is 0 Å². The van der Waals surface area contributed by atoms with Gasteiger partial charge in [-0.3, -0.25) is 0 Å². The van der Waals surface area contributed by atoms with Gasteiger partial charge in [-0.1, -0.05) is 30.9 Å². The first-order chi connectivity index (χ1) is 9.19. The van der Waals surface area contributed by atoms with Crippen LogP contribution in [0.1, 0.15) is 12.5 Å². The van der Waals surface area contributed by atoms with E-state index in [1.165, 1.54) is 0 Å². The minimum absolute atomic E-state index is 0.508. The number of para-hydroxylation sites is 1. The van der Waals surface area contributed by atoms with Gasteiger partial charge >= 0.3 is 0 Å². The molecule has 0 spiro atoms. The van der Waals surface area contributed by atoms with Gasteiger partial charge < -0.3 is 15.0 Å². The number of nitrogens with zero attached hydrogens (tertiary/aromatic N) is 2. The highest BCUT2D eigenvalue weighted by atomic mass is 16.5. The molecule has 1 aromatic rings. The fraction of sp³-hybridized carbons (Fsp3) is 0.400. The lowest BCUT2D eigenvalue weighted by atomic mass is 10.2. The monoisotopic (exact) mass is 261 g/mol. The zero-order valence-corrected chi connectivity index (χ0v) is 12.0. The second kappa shape index (κ2) is 8.19. The molecule has 1 rings (SSSR count). The first-order valence-corrected chi connectivity index (χ1v) is 6.46. The van der Waals surface area contributed by atoms with E-state index >= 15 is 0 Å². The summed E-state index contributed by atoms with van der Waals surface area (Å²) in [5.41, 5.74) is 1.07. The number of ether oxygens (including phenoxy) is 1. The van der Waals surface area contributed by atoms with Crippen LogP contribution >= 0.6 is 0 Å². The molecule has 0 aliphatic rings. The average molecular weight is 261 g/mol. The fourth-order valence-corrected chi connectivity index (χ4v) is 1.60. The second-order valence-corrected chi connectivity index (χ2v) is 4.27. The normalized spacial score (nSPS) is 11.0. The Morgan fingerprint density at radius 1 is 1.42 bits per heavy atom. The third-order valence-electron chi connectivity index (χ3n) is 2.49. The summed E-state index contributed by atoms with van der Waals surface area (Å²) in [6, 6.07) is 7.94. The van der Waals surface area contributed by atoms with E-state index < -0.39 is 0 Å². The molecule has 0 aliphatic carbocycles. The molecule has 0 aliphatic heterocycles. The standard InChI is InChI=1S/C15H23N3O/c1-5-11-19-14-10-8-7-9-13(14)12-17-15(16-6-2)18(3)4/h5,7-10H,1,6,11-12H2,2-4H3,(H,16,17). The van der Waals surface area contributed by atoms with Crippen molar-refractivity contribution in [2.24, 2.45) is 4.99 Å². The molecule has 104 valence electrons. The van der Waals surface area contributed by atoms with E-state index in [1.807, 2.05) is 43.3 Å². The summed E-state index contributed by atoms with van der Waals surface area (Å²) in [7, 11) is 3.95. The minimum atomic E-state index is 0.508. The summed E-state index contributed by atoms with van der Waals surface area (Å²) in [6.07, 6.45) is 1.74. The SMILES string of the molecule is C=CCOc1ccccc1CN=C(NCC)N(C)C. The Morgan fingerprint density at radius 2 is 2.16 bits per heavy atom. The van der Waals surface area contributed by atoms with Crippen LogP contribution in [0.4, 0.5) is 0 Å². The number of hydrogen-bond acceptors (Lipinski definition) is 2. The fourth-order valence-electron chi connectivity index (χ4n) is 1.60. The average Bonchev–Trinajstić information content (AvgIpc) is 2.41. The summed E-state index contributed by atoms with van der Waals surface area (Å²) in [6.45, 7) is 7.67. The molecule has 0 heterocycles. The molecule has 0 fully saturated rings. The van der Waals surface area contributed by atoms with Crippen LogP contribution in [-0.4, -0.2) is 38.1 Å². The van der Waals surface area contributed by atoms with E-state index in [-0.39, 0.29) is 0 Å². The van der Waals surface area contributed by atoms with Crippen LogP contribution < -0.4 is 10.1 Å². The number of hydrogen-bond donors (Lipinski definition) is 1. The second-order valence-electron chi connectivity index (χ2n) is 4.27. The molecule has 1 N–H and O–H groups in total. The first-order valence-electron chi connectivity index (χ1n) is 6.46. The topological polar surface area (TPSA) is 36.9 Å². The van der Waals surface area contributed by atoms with Gasteiger partial charge in [-0.05, 0) is 13.0 Å². The zero-order valence-electron chi connectivity index (χ0n) is 12.0. The maximum absolute atomic E-state index is 5.62. The number of benzene rings is 1. The molecule has 0 amide bonds. The van der Waals surface area contributed by atoms with Crippen molar-refractivity contribution in [3.05, 3.63) is 42.5 Å². The van der Waals surface area contributed by atoms with E-state index in [9.17, 15) is 0 Å². The van der Waals surface area contributed by atoms with Gasteiger partial charge in [0.2, 0.25) is 0 Å². The Morgan fingerprint density at radius 3 is 2.79 bits per heavy atom. The molecule has 0 saturated heterocycles. The van der Waals surface area contributed by atoms with Crippen molar-refractivity contribution in [2.75, 3.05) is 27.2 Å². The van der Waals surface area contributed by atoms with Crippen molar-refractivity contribution in [1.29, 1.82) is 0 Å². The van der Waals surface area contributed by atoms with Gasteiger partial charge in [0.1, 0.15) is 12.4 Å². The summed E-state index contributed by atoms with van der Waals surface area (Å²) in [5, 5.41) is 3.23. The van der Waals surface area contributed by atoms with E-state index in [0.717, 1.165) is 23.8 Å². The number of aliphatic imine (C=N–C) groups is 1. The Balaban J connectivity index is 2.80. The van der Waals surface area contributed by atoms with Gasteiger partial charge in [-0.25, -0.2) is 4.99 Å². The van der Waals surface area contributed by atoms with Crippen molar-refractivity contribution in [3.63, 3.8) is 0 Å². The molecular weight excluding hydrogens is 238 g/mol. The predicted octanol–water partition coefficient (Wildman–Crippen LogP) is 2.28. The van der Waals surface area contributed by atoms with Gasteiger partial charge in [-0.2, -0.15) is 0 Å². The number of nitrogens with one attached hydrogen (secondary N) is 1. The van der Waals surface area contributed by atoms with Crippen molar-refractivity contribution < 1.29 is 4.74 Å². The number of rotatable bonds is 6. The summed E-state index contributed by atoms with van der Waals surface area (Å²) < 4.78 is 5.62. The molecule has 0 bridgehead atoms. The molecule has 0 unspecified atom stereocenters. The van der Waals surface area contributed by atoms with Crippen LogP contribution in [0.3, 0.4) is 0 Å². The van der Waals surface area contributed by atoms with Crippen LogP contribution in [0.25, 0.3) is 0 Å². The molecular formula is C15H23N3O. The summed E-state index contributed by atoms with van der Waals surface area (Å²) in [4.78, 5) is 6.55. The molecule has 4 nitrogen and oxygen atoms in total. The highest BCUT2D eigenvalue weighted by Crippen LogP contribution is 2.18. The Bertz CT molecular complexity index is 427. The quantitative estimate of drug-likeness (QED) is 0.485. The van der Waals surface area contributed by atoms with E-state index in [0.29, 0.717) is 13.2 Å². The predicted molar refractivity (Wildman–Crippen MR) is 80.6 cm³/mol. The first kappa shape index (κ1) is 15.1. The zero-order chi connectivity index (χ0) is 14.1. The molecule has 0 saturated carbocycles. The maximum Gasteiger partial charge on any atom is 0.193 e. The maximum atomic E-state index is 5.62. The largest absolute Gasteiger partial charge is 0.489 e. The molecule has 1 aromatic carbocycles. The molecule has 0 aromatic heterocycles. The van der Waals surface area contributed by atoms with Crippen LogP contribution in [0.15, 0.2) is 41.9 Å². The third kappa shape index (κ3) is 5.04. The lowest BCUT2D eigenvalue weighted by Crippen LogP contribution is -2.36. The van der Waals surface area contributed by atoms with Crippen molar-refractivity contribution in [2.45, 2.75) is 13.5 Å². The van der Waals surface area contributed by atoms with Crippen LogP contribution in [0, 0.1) is 0 Å². The molecule has 0 atom stereocenters. The summed E-state index contributed by atoms with van der Waals surface area (Å²) >= 11 is 0. The smallest absolute Gasteiger partial charge is 0.193 e. The summed E-state index contributed by atoms with van der Waals surface area (Å²) in [5.74, 6) is 1.74.